The van der Waals surface area contributed by atoms with Crippen molar-refractivity contribution < 1.29 is 9.59 Å². The fraction of sp³-hybridized carbons (Fsp3) is 0.846. The fourth-order valence-electron chi connectivity index (χ4n) is 1.46. The average Bonchev–Trinajstić information content (AvgIpc) is 2.14. The Balaban J connectivity index is 4.55. The summed E-state index contributed by atoms with van der Waals surface area (Å²) in [5, 5.41) is 2.84. The Morgan fingerprint density at radius 2 is 1.44 bits per heavy atom. The maximum Gasteiger partial charge on any atom is 0.223 e. The molecule has 0 bridgehead atoms. The molecule has 0 aliphatic carbocycles. The van der Waals surface area contributed by atoms with Crippen LogP contribution in [0.5, 0.6) is 0 Å². The van der Waals surface area contributed by atoms with Crippen LogP contribution in [0.4, 0.5) is 0 Å². The number of nitrogens with one attached hydrogen (secondary N) is 1. The monoisotopic (exact) mass is 227 g/mol. The lowest BCUT2D eigenvalue weighted by molar-refractivity contribution is -0.131. The van der Waals surface area contributed by atoms with Crippen LogP contribution < -0.4 is 5.32 Å². The van der Waals surface area contributed by atoms with Gasteiger partial charge in [-0.2, -0.15) is 0 Å². The average molecular weight is 227 g/mol. The Bertz CT molecular complexity index is 244. The van der Waals surface area contributed by atoms with Crippen molar-refractivity contribution in [2.75, 3.05) is 0 Å². The molecule has 0 aliphatic heterocycles. The highest BCUT2D eigenvalue weighted by atomic mass is 16.2. The molecule has 0 aliphatic rings. The highest BCUT2D eigenvalue weighted by molar-refractivity contribution is 5.90. The summed E-state index contributed by atoms with van der Waals surface area (Å²) in [5.41, 5.74) is 0. The molecule has 0 heterocycles. The molecule has 3 nitrogen and oxygen atoms in total. The first-order valence-corrected chi connectivity index (χ1v) is 6.09. The van der Waals surface area contributed by atoms with Crippen molar-refractivity contribution in [2.24, 2.45) is 17.8 Å². The Kier molecular flexibility index (Phi) is 6.31. The summed E-state index contributed by atoms with van der Waals surface area (Å²) >= 11 is 0. The summed E-state index contributed by atoms with van der Waals surface area (Å²) in [5.74, 6) is 0.383. The maximum absolute atomic E-state index is 11.9. The molecule has 0 fully saturated rings. The lowest BCUT2D eigenvalue weighted by atomic mass is 9.94. The summed E-state index contributed by atoms with van der Waals surface area (Å²) < 4.78 is 0. The number of rotatable bonds is 6. The summed E-state index contributed by atoms with van der Waals surface area (Å²) in [7, 11) is 0. The van der Waals surface area contributed by atoms with Gasteiger partial charge in [-0.05, 0) is 12.3 Å². The van der Waals surface area contributed by atoms with Crippen molar-refractivity contribution in [3.8, 4) is 0 Å². The van der Waals surface area contributed by atoms with Gasteiger partial charge in [-0.1, -0.05) is 41.5 Å². The molecule has 0 aromatic heterocycles. The highest BCUT2D eigenvalue weighted by Crippen LogP contribution is 2.11. The molecular weight excluding hydrogens is 202 g/mol. The third-order valence-electron chi connectivity index (χ3n) is 2.46. The Morgan fingerprint density at radius 1 is 0.938 bits per heavy atom. The van der Waals surface area contributed by atoms with E-state index < -0.39 is 0 Å². The van der Waals surface area contributed by atoms with E-state index in [4.69, 9.17) is 0 Å². The third-order valence-corrected chi connectivity index (χ3v) is 2.46. The van der Waals surface area contributed by atoms with E-state index in [2.05, 4.69) is 19.2 Å². The van der Waals surface area contributed by atoms with Gasteiger partial charge in [0.25, 0.3) is 0 Å². The standard InChI is InChI=1S/C13H25NO2/c1-8(2)7-11(12(15)9(3)4)14-13(16)10(5)6/h8-11H,7H2,1-6H3,(H,14,16)/t11-/m1/s1. The van der Waals surface area contributed by atoms with Crippen LogP contribution in [0.2, 0.25) is 0 Å². The molecule has 1 atom stereocenters. The molecule has 0 saturated heterocycles. The lowest BCUT2D eigenvalue weighted by Crippen LogP contribution is -2.45. The topological polar surface area (TPSA) is 46.2 Å². The summed E-state index contributed by atoms with van der Waals surface area (Å²) in [4.78, 5) is 23.5. The zero-order valence-corrected chi connectivity index (χ0v) is 11.3. The SMILES string of the molecule is CC(C)C[C@@H](NC(=O)C(C)C)C(=O)C(C)C. The second kappa shape index (κ2) is 6.66. The first-order chi connectivity index (χ1) is 7.25. The van der Waals surface area contributed by atoms with Crippen molar-refractivity contribution in [1.29, 1.82) is 0 Å². The molecular formula is C13H25NO2. The Labute approximate surface area is 99.0 Å². The normalized spacial score (nSPS) is 13.3. The van der Waals surface area contributed by atoms with E-state index in [-0.39, 0.29) is 29.6 Å². The third kappa shape index (κ3) is 5.29. The summed E-state index contributed by atoms with van der Waals surface area (Å²) in [6, 6.07) is -0.324. The van der Waals surface area contributed by atoms with Gasteiger partial charge in [0, 0.05) is 11.8 Å². The smallest absolute Gasteiger partial charge is 0.223 e. The van der Waals surface area contributed by atoms with Gasteiger partial charge in [0.05, 0.1) is 6.04 Å². The molecule has 0 rings (SSSR count). The van der Waals surface area contributed by atoms with Crippen molar-refractivity contribution in [1.82, 2.24) is 5.32 Å². The molecule has 0 saturated carbocycles. The van der Waals surface area contributed by atoms with Crippen LogP contribution >= 0.6 is 0 Å². The molecule has 0 aromatic carbocycles. The van der Waals surface area contributed by atoms with Crippen molar-refractivity contribution in [2.45, 2.75) is 54.0 Å². The first-order valence-electron chi connectivity index (χ1n) is 6.09. The predicted molar refractivity (Wildman–Crippen MR) is 66.1 cm³/mol. The number of ketones is 1. The van der Waals surface area contributed by atoms with Gasteiger partial charge in [0.15, 0.2) is 5.78 Å². The molecule has 3 heteroatoms. The van der Waals surface area contributed by atoms with E-state index in [1.165, 1.54) is 0 Å². The molecule has 1 amide bonds. The van der Waals surface area contributed by atoms with Crippen LogP contribution in [0.15, 0.2) is 0 Å². The molecule has 0 aromatic rings. The Hall–Kier alpha value is -0.860. The number of carbonyl (C=O) groups is 2. The van der Waals surface area contributed by atoms with Crippen LogP contribution in [-0.2, 0) is 9.59 Å². The van der Waals surface area contributed by atoms with Crippen LogP contribution in [0.25, 0.3) is 0 Å². The summed E-state index contributed by atoms with van der Waals surface area (Å²) in [6.45, 7) is 11.5. The molecule has 1 N–H and O–H groups in total. The van der Waals surface area contributed by atoms with Gasteiger partial charge in [0.2, 0.25) is 5.91 Å². The fourth-order valence-corrected chi connectivity index (χ4v) is 1.46. The number of hydrogen-bond acceptors (Lipinski definition) is 2. The molecule has 94 valence electrons. The minimum absolute atomic E-state index is 0.0313. The van der Waals surface area contributed by atoms with E-state index in [9.17, 15) is 9.59 Å². The van der Waals surface area contributed by atoms with Crippen LogP contribution in [0.1, 0.15) is 48.0 Å². The van der Waals surface area contributed by atoms with Gasteiger partial charge in [-0.25, -0.2) is 0 Å². The number of carbonyl (C=O) groups excluding carboxylic acids is 2. The minimum atomic E-state index is -0.324. The summed E-state index contributed by atoms with van der Waals surface area (Å²) in [6.07, 6.45) is 0.718. The number of amides is 1. The van der Waals surface area contributed by atoms with Crippen molar-refractivity contribution in [3.63, 3.8) is 0 Å². The van der Waals surface area contributed by atoms with Crippen LogP contribution in [-0.4, -0.2) is 17.7 Å². The predicted octanol–water partition coefficient (Wildman–Crippen LogP) is 2.40. The van der Waals surface area contributed by atoms with Gasteiger partial charge < -0.3 is 5.32 Å². The van der Waals surface area contributed by atoms with Gasteiger partial charge in [-0.15, -0.1) is 0 Å². The van der Waals surface area contributed by atoms with Crippen molar-refractivity contribution in [3.05, 3.63) is 0 Å². The molecule has 0 radical (unpaired) electrons. The Morgan fingerprint density at radius 3 is 1.75 bits per heavy atom. The second-order valence-electron chi connectivity index (χ2n) is 5.40. The van der Waals surface area contributed by atoms with Crippen LogP contribution in [0.3, 0.4) is 0 Å². The van der Waals surface area contributed by atoms with E-state index in [0.717, 1.165) is 6.42 Å². The van der Waals surface area contributed by atoms with Crippen LogP contribution in [0, 0.1) is 17.8 Å². The zero-order chi connectivity index (χ0) is 12.9. The van der Waals surface area contributed by atoms with E-state index >= 15 is 0 Å². The van der Waals surface area contributed by atoms with E-state index in [1.54, 1.807) is 0 Å². The van der Waals surface area contributed by atoms with Gasteiger partial charge in [0.1, 0.15) is 0 Å². The molecule has 16 heavy (non-hydrogen) atoms. The van der Waals surface area contributed by atoms with Gasteiger partial charge >= 0.3 is 0 Å². The largest absolute Gasteiger partial charge is 0.346 e. The second-order valence-corrected chi connectivity index (χ2v) is 5.40. The van der Waals surface area contributed by atoms with E-state index in [0.29, 0.717) is 5.92 Å². The first kappa shape index (κ1) is 15.1. The molecule has 0 spiro atoms. The lowest BCUT2D eigenvalue weighted by Gasteiger charge is -2.22. The maximum atomic E-state index is 11.9. The minimum Gasteiger partial charge on any atom is -0.346 e. The zero-order valence-electron chi connectivity index (χ0n) is 11.3. The van der Waals surface area contributed by atoms with Crippen molar-refractivity contribution >= 4 is 11.7 Å². The highest BCUT2D eigenvalue weighted by Gasteiger charge is 2.24. The number of Topliss-reactive ketones (excluding diaryl/α,β-unsaturated/α-hetero) is 1. The number of hydrogen-bond donors (Lipinski definition) is 1. The van der Waals surface area contributed by atoms with E-state index in [1.807, 2.05) is 27.7 Å². The molecule has 0 unspecified atom stereocenters. The van der Waals surface area contributed by atoms with Gasteiger partial charge in [-0.3, -0.25) is 9.59 Å². The quantitative estimate of drug-likeness (QED) is 0.757.